The zero-order chi connectivity index (χ0) is 11.1. The minimum atomic E-state index is -0.0918. The Morgan fingerprint density at radius 1 is 1.40 bits per heavy atom. The molecule has 15 heavy (non-hydrogen) atoms. The Morgan fingerprint density at radius 2 is 2.13 bits per heavy atom. The first-order valence-electron chi connectivity index (χ1n) is 5.21. The fourth-order valence-corrected chi connectivity index (χ4v) is 2.50. The Bertz CT molecular complexity index is 387. The van der Waals surface area contributed by atoms with Crippen LogP contribution in [0.15, 0.2) is 16.6 Å². The lowest BCUT2D eigenvalue weighted by molar-refractivity contribution is 0.108. The molecular formula is C12H16BrNO. The molecule has 0 saturated heterocycles. The van der Waals surface area contributed by atoms with Crippen LogP contribution in [0.25, 0.3) is 0 Å². The van der Waals surface area contributed by atoms with Crippen LogP contribution in [-0.4, -0.2) is 12.1 Å². The number of anilines is 1. The number of benzene rings is 1. The SMILES string of the molecule is Cc1cc(Br)c2c(c1)OC(C)(C)CCN2. The van der Waals surface area contributed by atoms with Gasteiger partial charge in [0.15, 0.2) is 0 Å². The third-order valence-corrected chi connectivity index (χ3v) is 3.24. The molecule has 1 heterocycles. The molecule has 2 nitrogen and oxygen atoms in total. The molecule has 1 aliphatic rings. The molecule has 0 radical (unpaired) electrons. The average Bonchev–Trinajstić information content (AvgIpc) is 2.21. The van der Waals surface area contributed by atoms with E-state index in [0.29, 0.717) is 0 Å². The van der Waals surface area contributed by atoms with E-state index in [4.69, 9.17) is 4.74 Å². The van der Waals surface area contributed by atoms with Crippen LogP contribution in [0.4, 0.5) is 5.69 Å². The molecule has 0 aromatic heterocycles. The van der Waals surface area contributed by atoms with Gasteiger partial charge in [-0.3, -0.25) is 0 Å². The van der Waals surface area contributed by atoms with Crippen LogP contribution in [0.3, 0.4) is 0 Å². The summed E-state index contributed by atoms with van der Waals surface area (Å²) in [6, 6.07) is 4.19. The Hall–Kier alpha value is -0.700. The molecule has 0 unspecified atom stereocenters. The predicted molar refractivity (Wildman–Crippen MR) is 66.7 cm³/mol. The number of ether oxygens (including phenoxy) is 1. The van der Waals surface area contributed by atoms with Crippen molar-refractivity contribution in [2.24, 2.45) is 0 Å². The van der Waals surface area contributed by atoms with Crippen LogP contribution in [0.5, 0.6) is 5.75 Å². The normalized spacial score (nSPS) is 18.4. The second kappa shape index (κ2) is 3.71. The van der Waals surface area contributed by atoms with E-state index < -0.39 is 0 Å². The topological polar surface area (TPSA) is 21.3 Å². The summed E-state index contributed by atoms with van der Waals surface area (Å²) in [7, 11) is 0. The summed E-state index contributed by atoms with van der Waals surface area (Å²) in [5.41, 5.74) is 2.19. The Balaban J connectivity index is 2.47. The number of aryl methyl sites for hydroxylation is 1. The summed E-state index contributed by atoms with van der Waals surface area (Å²) in [5.74, 6) is 0.948. The number of halogens is 1. The first-order valence-corrected chi connectivity index (χ1v) is 6.00. The Kier molecular flexibility index (Phi) is 2.67. The largest absolute Gasteiger partial charge is 0.486 e. The highest BCUT2D eigenvalue weighted by molar-refractivity contribution is 9.10. The van der Waals surface area contributed by atoms with Crippen molar-refractivity contribution in [2.45, 2.75) is 32.8 Å². The van der Waals surface area contributed by atoms with Crippen molar-refractivity contribution in [1.82, 2.24) is 0 Å². The fourth-order valence-electron chi connectivity index (χ4n) is 1.80. The average molecular weight is 270 g/mol. The van der Waals surface area contributed by atoms with Crippen molar-refractivity contribution >= 4 is 21.6 Å². The van der Waals surface area contributed by atoms with Gasteiger partial charge in [0.25, 0.3) is 0 Å². The first-order chi connectivity index (χ1) is 6.98. The van der Waals surface area contributed by atoms with Gasteiger partial charge in [-0.25, -0.2) is 0 Å². The van der Waals surface area contributed by atoms with Crippen LogP contribution < -0.4 is 10.1 Å². The van der Waals surface area contributed by atoms with E-state index in [1.165, 1.54) is 5.56 Å². The molecule has 1 aromatic carbocycles. The number of nitrogens with one attached hydrogen (secondary N) is 1. The molecule has 1 aromatic rings. The van der Waals surface area contributed by atoms with Crippen LogP contribution in [0, 0.1) is 6.92 Å². The van der Waals surface area contributed by atoms with Gasteiger partial charge in [0.05, 0.1) is 5.69 Å². The van der Waals surface area contributed by atoms with Crippen molar-refractivity contribution in [1.29, 1.82) is 0 Å². The van der Waals surface area contributed by atoms with Crippen molar-refractivity contribution in [3.63, 3.8) is 0 Å². The lowest BCUT2D eigenvalue weighted by Gasteiger charge is -2.24. The van der Waals surface area contributed by atoms with Gasteiger partial charge in [0, 0.05) is 17.4 Å². The highest BCUT2D eigenvalue weighted by atomic mass is 79.9. The van der Waals surface area contributed by atoms with Gasteiger partial charge in [-0.2, -0.15) is 0 Å². The second-order valence-corrected chi connectivity index (χ2v) is 5.51. The van der Waals surface area contributed by atoms with Gasteiger partial charge in [-0.1, -0.05) is 0 Å². The first kappa shape index (κ1) is 10.8. The van der Waals surface area contributed by atoms with Gasteiger partial charge in [-0.05, 0) is 54.4 Å². The van der Waals surface area contributed by atoms with Crippen molar-refractivity contribution in [2.75, 3.05) is 11.9 Å². The minimum absolute atomic E-state index is 0.0918. The molecule has 0 atom stereocenters. The van der Waals surface area contributed by atoms with Gasteiger partial charge in [0.1, 0.15) is 11.4 Å². The Labute approximate surface area is 99.1 Å². The standard InChI is InChI=1S/C12H16BrNO/c1-8-6-9(13)11-10(7-8)15-12(2,3)4-5-14-11/h6-7,14H,4-5H2,1-3H3. The van der Waals surface area contributed by atoms with E-state index in [-0.39, 0.29) is 5.60 Å². The molecule has 2 rings (SSSR count). The summed E-state index contributed by atoms with van der Waals surface area (Å²) in [4.78, 5) is 0. The second-order valence-electron chi connectivity index (χ2n) is 4.66. The van der Waals surface area contributed by atoms with E-state index in [1.54, 1.807) is 0 Å². The highest BCUT2D eigenvalue weighted by Gasteiger charge is 2.25. The predicted octanol–water partition coefficient (Wildman–Crippen LogP) is 3.73. The molecule has 0 aliphatic carbocycles. The van der Waals surface area contributed by atoms with Gasteiger partial charge >= 0.3 is 0 Å². The Morgan fingerprint density at radius 3 is 2.87 bits per heavy atom. The molecule has 1 aliphatic heterocycles. The molecule has 0 amide bonds. The summed E-state index contributed by atoms with van der Waals surface area (Å²) < 4.78 is 7.09. The van der Waals surface area contributed by atoms with Crippen molar-refractivity contribution in [3.05, 3.63) is 22.2 Å². The number of hydrogen-bond acceptors (Lipinski definition) is 2. The zero-order valence-electron chi connectivity index (χ0n) is 9.36. The summed E-state index contributed by atoms with van der Waals surface area (Å²) in [6.07, 6.45) is 1.01. The van der Waals surface area contributed by atoms with E-state index in [1.807, 2.05) is 0 Å². The van der Waals surface area contributed by atoms with Crippen molar-refractivity contribution in [3.8, 4) is 5.75 Å². The van der Waals surface area contributed by atoms with Gasteiger partial charge < -0.3 is 10.1 Å². The van der Waals surface area contributed by atoms with Crippen LogP contribution in [-0.2, 0) is 0 Å². The maximum Gasteiger partial charge on any atom is 0.144 e. The quantitative estimate of drug-likeness (QED) is 0.775. The molecule has 0 bridgehead atoms. The van der Waals surface area contributed by atoms with E-state index in [2.05, 4.69) is 54.2 Å². The molecule has 0 spiro atoms. The third kappa shape index (κ3) is 2.28. The third-order valence-electron chi connectivity index (χ3n) is 2.61. The highest BCUT2D eigenvalue weighted by Crippen LogP contribution is 2.38. The fraction of sp³-hybridized carbons (Fsp3) is 0.500. The zero-order valence-corrected chi connectivity index (χ0v) is 10.9. The van der Waals surface area contributed by atoms with Crippen LogP contribution >= 0.6 is 15.9 Å². The number of hydrogen-bond donors (Lipinski definition) is 1. The van der Waals surface area contributed by atoms with E-state index >= 15 is 0 Å². The maximum atomic E-state index is 6.01. The molecular weight excluding hydrogens is 254 g/mol. The smallest absolute Gasteiger partial charge is 0.144 e. The molecule has 1 N–H and O–H groups in total. The molecule has 3 heteroatoms. The summed E-state index contributed by atoms with van der Waals surface area (Å²) in [5, 5.41) is 3.40. The summed E-state index contributed by atoms with van der Waals surface area (Å²) >= 11 is 3.56. The number of fused-ring (bicyclic) bond motifs is 1. The molecule has 0 saturated carbocycles. The minimum Gasteiger partial charge on any atom is -0.486 e. The number of rotatable bonds is 0. The molecule has 82 valence electrons. The van der Waals surface area contributed by atoms with Crippen LogP contribution in [0.1, 0.15) is 25.8 Å². The lowest BCUT2D eigenvalue weighted by atomic mass is 10.1. The van der Waals surface area contributed by atoms with Crippen LogP contribution in [0.2, 0.25) is 0 Å². The monoisotopic (exact) mass is 269 g/mol. The summed E-state index contributed by atoms with van der Waals surface area (Å²) in [6.45, 7) is 7.27. The van der Waals surface area contributed by atoms with Crippen molar-refractivity contribution < 1.29 is 4.74 Å². The lowest BCUT2D eigenvalue weighted by Crippen LogP contribution is -2.28. The van der Waals surface area contributed by atoms with Gasteiger partial charge in [0.2, 0.25) is 0 Å². The van der Waals surface area contributed by atoms with E-state index in [9.17, 15) is 0 Å². The van der Waals surface area contributed by atoms with E-state index in [0.717, 1.165) is 28.9 Å². The molecule has 0 fully saturated rings. The maximum absolute atomic E-state index is 6.01. The van der Waals surface area contributed by atoms with Gasteiger partial charge in [-0.15, -0.1) is 0 Å².